The topological polar surface area (TPSA) is 67.4 Å². The standard InChI is InChI=1S/C16H19ClN2O3/c1-9-12(14(20)22-16(2,3)4)13(19-15(21)18-9)10-6-5-7-11(17)8-10/h5-8,13H,1-4H3,(H2,18,19,21)/t13-/m0/s1. The maximum absolute atomic E-state index is 12.5. The van der Waals surface area contributed by atoms with E-state index in [4.69, 9.17) is 16.3 Å². The van der Waals surface area contributed by atoms with E-state index in [1.165, 1.54) is 0 Å². The van der Waals surface area contributed by atoms with Gasteiger partial charge in [-0.3, -0.25) is 0 Å². The van der Waals surface area contributed by atoms with Crippen LogP contribution in [0.5, 0.6) is 0 Å². The van der Waals surface area contributed by atoms with E-state index in [2.05, 4.69) is 10.6 Å². The first kappa shape index (κ1) is 16.4. The Bertz CT molecular complexity index is 647. The molecule has 6 heteroatoms. The molecule has 1 aromatic rings. The minimum atomic E-state index is -0.620. The number of amides is 2. The first-order valence-electron chi connectivity index (χ1n) is 6.94. The lowest BCUT2D eigenvalue weighted by atomic mass is 9.95. The van der Waals surface area contributed by atoms with Gasteiger partial charge in [0.05, 0.1) is 11.6 Å². The molecule has 1 aromatic carbocycles. The Hall–Kier alpha value is -2.01. The Labute approximate surface area is 134 Å². The number of halogens is 1. The van der Waals surface area contributed by atoms with Crippen LogP contribution >= 0.6 is 11.6 Å². The predicted octanol–water partition coefficient (Wildman–Crippen LogP) is 3.31. The van der Waals surface area contributed by atoms with Gasteiger partial charge in [0, 0.05) is 10.7 Å². The van der Waals surface area contributed by atoms with Gasteiger partial charge in [0.15, 0.2) is 0 Å². The van der Waals surface area contributed by atoms with Crippen LogP contribution in [0.25, 0.3) is 0 Å². The lowest BCUT2D eigenvalue weighted by Crippen LogP contribution is -2.46. The Morgan fingerprint density at radius 1 is 1.32 bits per heavy atom. The van der Waals surface area contributed by atoms with Crippen molar-refractivity contribution in [2.75, 3.05) is 0 Å². The molecular weight excluding hydrogens is 304 g/mol. The van der Waals surface area contributed by atoms with Crippen LogP contribution in [0.1, 0.15) is 39.3 Å². The van der Waals surface area contributed by atoms with Gasteiger partial charge >= 0.3 is 12.0 Å². The third-order valence-electron chi connectivity index (χ3n) is 3.07. The van der Waals surface area contributed by atoms with Crippen molar-refractivity contribution in [3.8, 4) is 0 Å². The van der Waals surface area contributed by atoms with Crippen molar-refractivity contribution >= 4 is 23.6 Å². The summed E-state index contributed by atoms with van der Waals surface area (Å²) in [4.78, 5) is 24.2. The highest BCUT2D eigenvalue weighted by molar-refractivity contribution is 6.30. The van der Waals surface area contributed by atoms with Gasteiger partial charge in [-0.15, -0.1) is 0 Å². The third kappa shape index (κ3) is 3.80. The first-order chi connectivity index (χ1) is 10.2. The Kier molecular flexibility index (Phi) is 4.47. The molecule has 5 nitrogen and oxygen atoms in total. The minimum absolute atomic E-state index is 0.366. The van der Waals surface area contributed by atoms with Crippen LogP contribution in [-0.2, 0) is 9.53 Å². The van der Waals surface area contributed by atoms with Crippen molar-refractivity contribution in [1.29, 1.82) is 0 Å². The van der Waals surface area contributed by atoms with E-state index < -0.39 is 17.6 Å². The van der Waals surface area contributed by atoms with Crippen LogP contribution in [0.4, 0.5) is 4.79 Å². The number of carbonyl (C=O) groups excluding carboxylic acids is 2. The molecule has 118 valence electrons. The molecule has 1 atom stereocenters. The number of nitrogens with one attached hydrogen (secondary N) is 2. The predicted molar refractivity (Wildman–Crippen MR) is 84.4 cm³/mol. The highest BCUT2D eigenvalue weighted by Gasteiger charge is 2.33. The lowest BCUT2D eigenvalue weighted by molar-refractivity contribution is -0.150. The van der Waals surface area contributed by atoms with Gasteiger partial charge in [0.25, 0.3) is 0 Å². The third-order valence-corrected chi connectivity index (χ3v) is 3.31. The maximum Gasteiger partial charge on any atom is 0.338 e. The number of hydrogen-bond donors (Lipinski definition) is 2. The summed E-state index contributed by atoms with van der Waals surface area (Å²) in [5.41, 5.74) is 0.951. The van der Waals surface area contributed by atoms with Gasteiger partial charge in [0.1, 0.15) is 5.60 Å². The second kappa shape index (κ2) is 6.01. The van der Waals surface area contributed by atoms with Crippen molar-refractivity contribution in [2.24, 2.45) is 0 Å². The molecule has 0 saturated carbocycles. The fourth-order valence-corrected chi connectivity index (χ4v) is 2.43. The fraction of sp³-hybridized carbons (Fsp3) is 0.375. The van der Waals surface area contributed by atoms with E-state index in [0.29, 0.717) is 16.3 Å². The molecule has 2 rings (SSSR count). The van der Waals surface area contributed by atoms with Gasteiger partial charge in [-0.25, -0.2) is 9.59 Å². The molecule has 2 amide bonds. The average Bonchev–Trinajstić information content (AvgIpc) is 2.35. The zero-order chi connectivity index (χ0) is 16.5. The van der Waals surface area contributed by atoms with Crippen LogP contribution in [-0.4, -0.2) is 17.6 Å². The van der Waals surface area contributed by atoms with Gasteiger partial charge in [-0.2, -0.15) is 0 Å². The number of esters is 1. The highest BCUT2D eigenvalue weighted by atomic mass is 35.5. The molecule has 0 bridgehead atoms. The van der Waals surface area contributed by atoms with E-state index in [9.17, 15) is 9.59 Å². The molecule has 0 fully saturated rings. The van der Waals surface area contributed by atoms with Crippen molar-refractivity contribution < 1.29 is 14.3 Å². The molecule has 2 N–H and O–H groups in total. The summed E-state index contributed by atoms with van der Waals surface area (Å²) in [6, 6.07) is 6.07. The zero-order valence-corrected chi connectivity index (χ0v) is 13.7. The summed E-state index contributed by atoms with van der Waals surface area (Å²) in [5, 5.41) is 5.88. The van der Waals surface area contributed by atoms with Gasteiger partial charge < -0.3 is 15.4 Å². The number of rotatable bonds is 2. The number of allylic oxidation sites excluding steroid dienone is 1. The Balaban J connectivity index is 2.43. The molecule has 0 spiro atoms. The van der Waals surface area contributed by atoms with Crippen LogP contribution in [0, 0.1) is 0 Å². The van der Waals surface area contributed by atoms with Crippen molar-refractivity contribution in [1.82, 2.24) is 10.6 Å². The molecule has 1 heterocycles. The Morgan fingerprint density at radius 3 is 2.59 bits per heavy atom. The molecule has 0 saturated heterocycles. The fourth-order valence-electron chi connectivity index (χ4n) is 2.23. The Morgan fingerprint density at radius 2 is 2.00 bits per heavy atom. The summed E-state index contributed by atoms with van der Waals surface area (Å²) in [5.74, 6) is -0.470. The maximum atomic E-state index is 12.5. The summed E-state index contributed by atoms with van der Waals surface area (Å²) in [6.07, 6.45) is 0. The van der Waals surface area contributed by atoms with Gasteiger partial charge in [-0.05, 0) is 45.4 Å². The monoisotopic (exact) mass is 322 g/mol. The van der Waals surface area contributed by atoms with Gasteiger partial charge in [0.2, 0.25) is 0 Å². The van der Waals surface area contributed by atoms with E-state index in [-0.39, 0.29) is 6.03 Å². The van der Waals surface area contributed by atoms with Crippen molar-refractivity contribution in [2.45, 2.75) is 39.3 Å². The summed E-state index contributed by atoms with van der Waals surface area (Å²) < 4.78 is 5.44. The average molecular weight is 323 g/mol. The zero-order valence-electron chi connectivity index (χ0n) is 13.0. The molecule has 1 aliphatic rings. The SMILES string of the molecule is CC1=C(C(=O)OC(C)(C)C)[C@H](c2cccc(Cl)c2)NC(=O)N1. The van der Waals surface area contributed by atoms with Crippen molar-refractivity contribution in [3.05, 3.63) is 46.1 Å². The summed E-state index contributed by atoms with van der Waals surface area (Å²) >= 11 is 6.01. The number of benzene rings is 1. The first-order valence-corrected chi connectivity index (χ1v) is 7.32. The molecule has 0 aliphatic carbocycles. The van der Waals surface area contributed by atoms with Crippen LogP contribution in [0.2, 0.25) is 5.02 Å². The molecule has 0 aromatic heterocycles. The molecule has 1 aliphatic heterocycles. The van der Waals surface area contributed by atoms with Crippen LogP contribution in [0.3, 0.4) is 0 Å². The van der Waals surface area contributed by atoms with E-state index in [0.717, 1.165) is 5.56 Å². The van der Waals surface area contributed by atoms with Crippen LogP contribution in [0.15, 0.2) is 35.5 Å². The van der Waals surface area contributed by atoms with E-state index in [1.54, 1.807) is 52.0 Å². The van der Waals surface area contributed by atoms with Crippen LogP contribution < -0.4 is 10.6 Å². The quantitative estimate of drug-likeness (QED) is 0.821. The van der Waals surface area contributed by atoms with Gasteiger partial charge in [-0.1, -0.05) is 23.7 Å². The van der Waals surface area contributed by atoms with Crippen molar-refractivity contribution in [3.63, 3.8) is 0 Å². The molecule has 22 heavy (non-hydrogen) atoms. The normalized spacial score (nSPS) is 18.6. The number of hydrogen-bond acceptors (Lipinski definition) is 3. The van der Waals surface area contributed by atoms with E-state index in [1.807, 2.05) is 0 Å². The molecular formula is C16H19ClN2O3. The second-order valence-electron chi connectivity index (χ2n) is 6.13. The minimum Gasteiger partial charge on any atom is -0.456 e. The molecule has 0 radical (unpaired) electrons. The highest BCUT2D eigenvalue weighted by Crippen LogP contribution is 2.30. The molecule has 0 unspecified atom stereocenters. The largest absolute Gasteiger partial charge is 0.456 e. The summed E-state index contributed by atoms with van der Waals surface area (Å²) in [7, 11) is 0. The lowest BCUT2D eigenvalue weighted by Gasteiger charge is -2.30. The number of ether oxygens (including phenoxy) is 1. The van der Waals surface area contributed by atoms with E-state index >= 15 is 0 Å². The number of carbonyl (C=O) groups is 2. The second-order valence-corrected chi connectivity index (χ2v) is 6.56. The summed E-state index contributed by atoms with van der Waals surface area (Å²) in [6.45, 7) is 7.06. The smallest absolute Gasteiger partial charge is 0.338 e. The number of urea groups is 1.